The van der Waals surface area contributed by atoms with Crippen LogP contribution in [-0.2, 0) is 0 Å². The van der Waals surface area contributed by atoms with Gasteiger partial charge in [0.05, 0.1) is 0 Å². The Labute approximate surface area is 101 Å². The van der Waals surface area contributed by atoms with Gasteiger partial charge in [0.15, 0.2) is 0 Å². The van der Waals surface area contributed by atoms with Crippen molar-refractivity contribution < 1.29 is 4.74 Å². The molecule has 0 aliphatic heterocycles. The van der Waals surface area contributed by atoms with Crippen molar-refractivity contribution in [3.05, 3.63) is 72.8 Å². The molecule has 0 bridgehead atoms. The van der Waals surface area contributed by atoms with Crippen molar-refractivity contribution in [3.8, 4) is 11.5 Å². The molecular weight excluding hydrogens is 220 g/mol. The molecule has 0 saturated heterocycles. The molecule has 0 saturated carbocycles. The lowest BCUT2D eigenvalue weighted by Crippen LogP contribution is -1.81. The van der Waals surface area contributed by atoms with E-state index in [1.807, 2.05) is 60.7 Å². The monoisotopic (exact) mass is 232 g/mol. The minimum atomic E-state index is 0.869. The molecular formula is C14H13ClO. The lowest BCUT2D eigenvalue weighted by Gasteiger charge is -2.03. The van der Waals surface area contributed by atoms with E-state index in [9.17, 15) is 0 Å². The Morgan fingerprint density at radius 3 is 1.44 bits per heavy atom. The number of hydrogen-bond acceptors (Lipinski definition) is 1. The third kappa shape index (κ3) is 4.67. The molecule has 2 heteroatoms. The predicted octanol–water partition coefficient (Wildman–Crippen LogP) is 4.85. The molecule has 0 aliphatic carbocycles. The molecule has 82 valence electrons. The van der Waals surface area contributed by atoms with Crippen molar-refractivity contribution in [2.24, 2.45) is 0 Å². The Bertz CT molecular complexity index is 360. The fraction of sp³-hybridized carbons (Fsp3) is 0. The van der Waals surface area contributed by atoms with E-state index in [1.165, 1.54) is 5.54 Å². The zero-order chi connectivity index (χ0) is 11.6. The van der Waals surface area contributed by atoms with Crippen molar-refractivity contribution in [1.82, 2.24) is 0 Å². The highest BCUT2D eigenvalue weighted by Crippen LogP contribution is 2.19. The van der Waals surface area contributed by atoms with Gasteiger partial charge < -0.3 is 4.74 Å². The quantitative estimate of drug-likeness (QED) is 0.719. The first-order valence-electron chi connectivity index (χ1n) is 4.86. The van der Waals surface area contributed by atoms with Crippen LogP contribution < -0.4 is 4.74 Å². The molecule has 2 aromatic rings. The Morgan fingerprint density at radius 1 is 0.812 bits per heavy atom. The summed E-state index contributed by atoms with van der Waals surface area (Å²) in [7, 11) is 0. The van der Waals surface area contributed by atoms with Crippen molar-refractivity contribution >= 4 is 11.6 Å². The predicted molar refractivity (Wildman–Crippen MR) is 69.0 cm³/mol. The summed E-state index contributed by atoms with van der Waals surface area (Å²) in [6.45, 7) is 3.13. The summed E-state index contributed by atoms with van der Waals surface area (Å²) in [6.07, 6.45) is 0. The van der Waals surface area contributed by atoms with Crippen LogP contribution in [0.1, 0.15) is 0 Å². The number of hydrogen-bond donors (Lipinski definition) is 0. The summed E-state index contributed by atoms with van der Waals surface area (Å²) in [4.78, 5) is 0. The third-order valence-corrected chi connectivity index (χ3v) is 1.72. The van der Waals surface area contributed by atoms with Gasteiger partial charge in [-0.1, -0.05) is 54.6 Å². The van der Waals surface area contributed by atoms with Crippen LogP contribution in [0, 0.1) is 0 Å². The molecule has 2 rings (SSSR count). The molecule has 16 heavy (non-hydrogen) atoms. The van der Waals surface area contributed by atoms with Crippen LogP contribution in [0.25, 0.3) is 0 Å². The molecule has 0 amide bonds. The van der Waals surface area contributed by atoms with Gasteiger partial charge in [-0.15, -0.1) is 0 Å². The van der Waals surface area contributed by atoms with Gasteiger partial charge in [-0.05, 0) is 29.8 Å². The summed E-state index contributed by atoms with van der Waals surface area (Å²) < 4.78 is 5.58. The lowest BCUT2D eigenvalue weighted by molar-refractivity contribution is 0.482. The van der Waals surface area contributed by atoms with Crippen LogP contribution in [0.2, 0.25) is 0 Å². The van der Waals surface area contributed by atoms with Gasteiger partial charge in [-0.25, -0.2) is 0 Å². The van der Waals surface area contributed by atoms with Crippen molar-refractivity contribution in [2.45, 2.75) is 0 Å². The van der Waals surface area contributed by atoms with Crippen molar-refractivity contribution in [2.75, 3.05) is 0 Å². The minimum absolute atomic E-state index is 0.869. The van der Waals surface area contributed by atoms with E-state index in [2.05, 4.69) is 6.58 Å². The van der Waals surface area contributed by atoms with Crippen LogP contribution in [-0.4, -0.2) is 0 Å². The fourth-order valence-corrected chi connectivity index (χ4v) is 1.11. The number of halogens is 1. The maximum atomic E-state index is 5.58. The summed E-state index contributed by atoms with van der Waals surface area (Å²) in [5.41, 5.74) is 1.22. The van der Waals surface area contributed by atoms with E-state index in [0.717, 1.165) is 11.5 Å². The molecule has 0 aliphatic rings. The Morgan fingerprint density at radius 2 is 1.12 bits per heavy atom. The molecule has 0 heterocycles. The maximum Gasteiger partial charge on any atom is 0.127 e. The van der Waals surface area contributed by atoms with E-state index in [1.54, 1.807) is 0 Å². The normalized spacial score (nSPS) is 8.56. The molecule has 0 N–H and O–H groups in total. The van der Waals surface area contributed by atoms with E-state index in [4.69, 9.17) is 16.3 Å². The van der Waals surface area contributed by atoms with Crippen LogP contribution in [0.15, 0.2) is 72.8 Å². The Kier molecular flexibility index (Phi) is 5.82. The van der Waals surface area contributed by atoms with Gasteiger partial charge in [0.2, 0.25) is 0 Å². The van der Waals surface area contributed by atoms with Crippen molar-refractivity contribution in [3.63, 3.8) is 0 Å². The topological polar surface area (TPSA) is 9.23 Å². The number of ether oxygens (including phenoxy) is 1. The van der Waals surface area contributed by atoms with Gasteiger partial charge in [0.1, 0.15) is 11.5 Å². The van der Waals surface area contributed by atoms with Crippen LogP contribution >= 0.6 is 11.6 Å². The number of para-hydroxylation sites is 2. The average molecular weight is 233 g/mol. The number of benzene rings is 2. The SMILES string of the molecule is C=CCl.c1ccc(Oc2ccccc2)cc1. The van der Waals surface area contributed by atoms with Gasteiger partial charge in [0.25, 0.3) is 0 Å². The molecule has 2 aromatic carbocycles. The Balaban J connectivity index is 0.000000386. The van der Waals surface area contributed by atoms with E-state index < -0.39 is 0 Å². The zero-order valence-corrected chi connectivity index (χ0v) is 9.60. The van der Waals surface area contributed by atoms with Gasteiger partial charge in [-0.3, -0.25) is 0 Å². The van der Waals surface area contributed by atoms with E-state index >= 15 is 0 Å². The van der Waals surface area contributed by atoms with E-state index in [0.29, 0.717) is 0 Å². The molecule has 0 atom stereocenters. The second-order valence-corrected chi connectivity index (χ2v) is 3.19. The first-order chi connectivity index (χ1) is 7.86. The summed E-state index contributed by atoms with van der Waals surface area (Å²) in [5.74, 6) is 1.74. The zero-order valence-electron chi connectivity index (χ0n) is 8.84. The van der Waals surface area contributed by atoms with Gasteiger partial charge >= 0.3 is 0 Å². The fourth-order valence-electron chi connectivity index (χ4n) is 1.11. The van der Waals surface area contributed by atoms with Crippen molar-refractivity contribution in [1.29, 1.82) is 0 Å². The molecule has 0 radical (unpaired) electrons. The molecule has 0 spiro atoms. The van der Waals surface area contributed by atoms with Crippen LogP contribution in [0.3, 0.4) is 0 Å². The standard InChI is InChI=1S/C12H10O.C2H3Cl/c1-3-7-11(8-4-1)13-12-9-5-2-6-10-12;1-2-3/h1-10H;2H,1H2. The Hall–Kier alpha value is -1.73. The average Bonchev–Trinajstić information content (AvgIpc) is 2.33. The van der Waals surface area contributed by atoms with Crippen LogP contribution in [0.5, 0.6) is 11.5 Å². The molecule has 0 aromatic heterocycles. The van der Waals surface area contributed by atoms with Gasteiger partial charge in [-0.2, -0.15) is 0 Å². The van der Waals surface area contributed by atoms with Crippen LogP contribution in [0.4, 0.5) is 0 Å². The maximum absolute atomic E-state index is 5.58. The summed E-state index contributed by atoms with van der Waals surface area (Å²) in [5, 5.41) is 0. The van der Waals surface area contributed by atoms with E-state index in [-0.39, 0.29) is 0 Å². The first-order valence-corrected chi connectivity index (χ1v) is 5.29. The summed E-state index contributed by atoms with van der Waals surface area (Å²) in [6, 6.07) is 19.5. The third-order valence-electron chi connectivity index (χ3n) is 1.72. The van der Waals surface area contributed by atoms with Gasteiger partial charge in [0, 0.05) is 0 Å². The molecule has 0 unspecified atom stereocenters. The largest absolute Gasteiger partial charge is 0.457 e. The highest BCUT2D eigenvalue weighted by molar-refractivity contribution is 6.25. The highest BCUT2D eigenvalue weighted by atomic mass is 35.5. The highest BCUT2D eigenvalue weighted by Gasteiger charge is 1.92. The molecule has 0 fully saturated rings. The second kappa shape index (κ2) is 7.55. The minimum Gasteiger partial charge on any atom is -0.457 e. The first kappa shape index (κ1) is 12.3. The lowest BCUT2D eigenvalue weighted by atomic mass is 10.3. The summed E-state index contributed by atoms with van der Waals surface area (Å²) >= 11 is 4.76. The molecule has 1 nitrogen and oxygen atoms in total. The number of rotatable bonds is 2. The smallest absolute Gasteiger partial charge is 0.127 e. The second-order valence-electron chi connectivity index (χ2n) is 2.88.